The van der Waals surface area contributed by atoms with Crippen LogP contribution < -0.4 is 5.32 Å². The first kappa shape index (κ1) is 15.4. The van der Waals surface area contributed by atoms with Crippen LogP contribution in [0, 0.1) is 5.92 Å². The molecule has 3 heteroatoms. The van der Waals surface area contributed by atoms with Crippen LogP contribution in [0.3, 0.4) is 0 Å². The number of aliphatic hydroxyl groups is 1. The van der Waals surface area contributed by atoms with Crippen molar-refractivity contribution in [1.29, 1.82) is 0 Å². The maximum Gasteiger partial charge on any atom is 0.0997 e. The predicted octanol–water partition coefficient (Wildman–Crippen LogP) is 3.73. The highest BCUT2D eigenvalue weighted by Crippen LogP contribution is 2.41. The first-order valence-electron chi connectivity index (χ1n) is 8.91. The molecule has 2 aliphatic rings. The van der Waals surface area contributed by atoms with Gasteiger partial charge in [0.05, 0.1) is 18.0 Å². The number of rotatable bonds is 3. The van der Waals surface area contributed by atoms with Crippen LogP contribution in [-0.2, 0) is 5.60 Å². The second-order valence-electron chi connectivity index (χ2n) is 6.96. The summed E-state index contributed by atoms with van der Waals surface area (Å²) in [5.41, 5.74) is 2.70. The van der Waals surface area contributed by atoms with Crippen LogP contribution in [0.25, 0.3) is 11.1 Å². The molecule has 1 saturated carbocycles. The Morgan fingerprint density at radius 1 is 1.00 bits per heavy atom. The Morgan fingerprint density at radius 2 is 1.75 bits per heavy atom. The highest BCUT2D eigenvalue weighted by atomic mass is 16.3. The topological polar surface area (TPSA) is 44.6 Å². The minimum Gasteiger partial charge on any atom is -0.385 e. The van der Waals surface area contributed by atoms with Gasteiger partial charge >= 0.3 is 0 Å². The molecule has 0 radical (unpaired) electrons. The van der Waals surface area contributed by atoms with Crippen molar-refractivity contribution in [2.45, 2.75) is 31.3 Å². The quantitative estimate of drug-likeness (QED) is 0.905. The zero-order valence-electron chi connectivity index (χ0n) is 13.9. The molecule has 2 N–H and O–H groups in total. The standard InChI is InChI=1S/C21H24N2O/c24-21(12-4-7-18(15-21)20-22-13-14-23-20)19-10-8-17(9-11-19)16-5-2-1-3-6-16/h1-3,5-6,8-11,18,24H,4,7,12-15H2,(H,22,23)/t18?,21-/m1/s1. The van der Waals surface area contributed by atoms with Crippen molar-refractivity contribution < 1.29 is 5.11 Å². The van der Waals surface area contributed by atoms with E-state index in [4.69, 9.17) is 0 Å². The third-order valence-corrected chi connectivity index (χ3v) is 5.34. The van der Waals surface area contributed by atoms with E-state index in [9.17, 15) is 5.11 Å². The van der Waals surface area contributed by atoms with Gasteiger partial charge in [-0.25, -0.2) is 0 Å². The Labute approximate surface area is 143 Å². The van der Waals surface area contributed by atoms with Crippen LogP contribution in [-0.4, -0.2) is 24.0 Å². The molecule has 1 aliphatic carbocycles. The van der Waals surface area contributed by atoms with E-state index in [1.807, 2.05) is 6.07 Å². The second kappa shape index (κ2) is 6.40. The van der Waals surface area contributed by atoms with Crippen molar-refractivity contribution >= 4 is 5.84 Å². The summed E-state index contributed by atoms with van der Waals surface area (Å²) in [4.78, 5) is 4.57. The summed E-state index contributed by atoms with van der Waals surface area (Å²) in [5.74, 6) is 1.47. The van der Waals surface area contributed by atoms with Crippen molar-refractivity contribution in [3.63, 3.8) is 0 Å². The van der Waals surface area contributed by atoms with Crippen LogP contribution >= 0.6 is 0 Å². The Bertz CT molecular complexity index is 723. The lowest BCUT2D eigenvalue weighted by atomic mass is 9.74. The fourth-order valence-corrected chi connectivity index (χ4v) is 4.04. The minimum atomic E-state index is -0.731. The molecule has 3 nitrogen and oxygen atoms in total. The SMILES string of the molecule is O[C@]1(c2ccc(-c3ccccc3)cc2)CCCC(C2=NCCN2)C1. The summed E-state index contributed by atoms with van der Waals surface area (Å²) in [7, 11) is 0. The molecule has 1 heterocycles. The lowest BCUT2D eigenvalue weighted by Gasteiger charge is -2.37. The fourth-order valence-electron chi connectivity index (χ4n) is 4.04. The van der Waals surface area contributed by atoms with E-state index >= 15 is 0 Å². The molecule has 124 valence electrons. The minimum absolute atomic E-state index is 0.361. The molecule has 2 aromatic rings. The molecule has 4 rings (SSSR count). The molecular formula is C21H24N2O. The van der Waals surface area contributed by atoms with Gasteiger partial charge in [-0.2, -0.15) is 0 Å². The zero-order valence-corrected chi connectivity index (χ0v) is 13.9. The normalized spacial score (nSPS) is 26.7. The van der Waals surface area contributed by atoms with Gasteiger partial charge in [-0.05, 0) is 42.4 Å². The molecule has 0 amide bonds. The van der Waals surface area contributed by atoms with Crippen LogP contribution in [0.1, 0.15) is 31.2 Å². The van der Waals surface area contributed by atoms with Gasteiger partial charge in [0.2, 0.25) is 0 Å². The van der Waals surface area contributed by atoms with Crippen LogP contribution in [0.15, 0.2) is 59.6 Å². The molecule has 2 aromatic carbocycles. The Morgan fingerprint density at radius 3 is 2.46 bits per heavy atom. The van der Waals surface area contributed by atoms with E-state index in [1.54, 1.807) is 0 Å². The molecule has 1 aliphatic heterocycles. The van der Waals surface area contributed by atoms with E-state index in [1.165, 1.54) is 11.1 Å². The lowest BCUT2D eigenvalue weighted by molar-refractivity contribution is -0.0107. The molecule has 1 fully saturated rings. The zero-order chi connectivity index (χ0) is 16.4. The highest BCUT2D eigenvalue weighted by molar-refractivity contribution is 5.86. The molecule has 24 heavy (non-hydrogen) atoms. The van der Waals surface area contributed by atoms with Crippen molar-refractivity contribution in [3.8, 4) is 11.1 Å². The van der Waals surface area contributed by atoms with Crippen molar-refractivity contribution in [2.24, 2.45) is 10.9 Å². The van der Waals surface area contributed by atoms with E-state index < -0.39 is 5.60 Å². The first-order valence-corrected chi connectivity index (χ1v) is 8.91. The number of nitrogens with zero attached hydrogens (tertiary/aromatic N) is 1. The number of benzene rings is 2. The molecule has 2 atom stereocenters. The van der Waals surface area contributed by atoms with E-state index in [0.29, 0.717) is 5.92 Å². The predicted molar refractivity (Wildman–Crippen MR) is 98.0 cm³/mol. The van der Waals surface area contributed by atoms with E-state index in [2.05, 4.69) is 58.8 Å². The lowest BCUT2D eigenvalue weighted by Crippen LogP contribution is -2.38. The molecule has 0 aromatic heterocycles. The molecule has 0 spiro atoms. The molecule has 0 bridgehead atoms. The number of nitrogens with one attached hydrogen (secondary N) is 1. The second-order valence-corrected chi connectivity index (χ2v) is 6.96. The summed E-state index contributed by atoms with van der Waals surface area (Å²) in [6.45, 7) is 1.81. The van der Waals surface area contributed by atoms with Crippen LogP contribution in [0.2, 0.25) is 0 Å². The number of aliphatic imine (C=N–C) groups is 1. The monoisotopic (exact) mass is 320 g/mol. The summed E-state index contributed by atoms with van der Waals surface area (Å²) >= 11 is 0. The summed E-state index contributed by atoms with van der Waals surface area (Å²) in [5, 5.41) is 14.6. The van der Waals surface area contributed by atoms with Gasteiger partial charge in [0.15, 0.2) is 0 Å². The Balaban J connectivity index is 1.55. The molecule has 1 unspecified atom stereocenters. The smallest absolute Gasteiger partial charge is 0.0997 e. The Hall–Kier alpha value is -2.13. The van der Waals surface area contributed by atoms with Gasteiger partial charge in [0.1, 0.15) is 0 Å². The largest absolute Gasteiger partial charge is 0.385 e. The van der Waals surface area contributed by atoms with Gasteiger partial charge < -0.3 is 10.4 Å². The van der Waals surface area contributed by atoms with Gasteiger partial charge in [-0.15, -0.1) is 0 Å². The Kier molecular flexibility index (Phi) is 4.11. The van der Waals surface area contributed by atoms with Gasteiger partial charge in [-0.3, -0.25) is 4.99 Å². The third kappa shape index (κ3) is 2.96. The first-order chi connectivity index (χ1) is 11.7. The average Bonchev–Trinajstić information content (AvgIpc) is 3.17. The number of amidine groups is 1. The van der Waals surface area contributed by atoms with Crippen molar-refractivity contribution in [2.75, 3.05) is 13.1 Å². The van der Waals surface area contributed by atoms with Gasteiger partial charge in [0, 0.05) is 12.5 Å². The summed E-state index contributed by atoms with van der Waals surface area (Å²) in [6, 6.07) is 18.8. The summed E-state index contributed by atoms with van der Waals surface area (Å²) in [6.07, 6.45) is 3.77. The maximum absolute atomic E-state index is 11.3. The van der Waals surface area contributed by atoms with Crippen molar-refractivity contribution in [3.05, 3.63) is 60.2 Å². The third-order valence-electron chi connectivity index (χ3n) is 5.34. The highest BCUT2D eigenvalue weighted by Gasteiger charge is 2.38. The van der Waals surface area contributed by atoms with Crippen molar-refractivity contribution in [1.82, 2.24) is 5.32 Å². The van der Waals surface area contributed by atoms with Crippen LogP contribution in [0.4, 0.5) is 0 Å². The van der Waals surface area contributed by atoms with E-state index in [0.717, 1.165) is 50.2 Å². The number of hydrogen-bond acceptors (Lipinski definition) is 3. The van der Waals surface area contributed by atoms with E-state index in [-0.39, 0.29) is 0 Å². The maximum atomic E-state index is 11.3. The summed E-state index contributed by atoms with van der Waals surface area (Å²) < 4.78 is 0. The molecular weight excluding hydrogens is 296 g/mol. The number of hydrogen-bond donors (Lipinski definition) is 2. The van der Waals surface area contributed by atoms with Gasteiger partial charge in [0.25, 0.3) is 0 Å². The average molecular weight is 320 g/mol. The van der Waals surface area contributed by atoms with Gasteiger partial charge in [-0.1, -0.05) is 54.6 Å². The van der Waals surface area contributed by atoms with Crippen LogP contribution in [0.5, 0.6) is 0 Å². The fraction of sp³-hybridized carbons (Fsp3) is 0.381. The molecule has 0 saturated heterocycles.